The van der Waals surface area contributed by atoms with Gasteiger partial charge >= 0.3 is 0 Å². The minimum Gasteiger partial charge on any atom is -0.493 e. The van der Waals surface area contributed by atoms with E-state index in [1.54, 1.807) is 30.3 Å². The summed E-state index contributed by atoms with van der Waals surface area (Å²) in [5, 5.41) is 6.97. The molecule has 1 N–H and O–H groups in total. The van der Waals surface area contributed by atoms with Crippen molar-refractivity contribution in [1.82, 2.24) is 10.1 Å². The Balaban J connectivity index is 1.60. The number of carbonyl (C=O) groups is 1. The van der Waals surface area contributed by atoms with Crippen LogP contribution in [0.1, 0.15) is 5.56 Å². The first-order chi connectivity index (χ1) is 16.6. The van der Waals surface area contributed by atoms with E-state index in [9.17, 15) is 4.79 Å². The minimum atomic E-state index is -0.277. The van der Waals surface area contributed by atoms with E-state index in [1.807, 2.05) is 42.5 Å². The van der Waals surface area contributed by atoms with Crippen molar-refractivity contribution in [2.75, 3.05) is 26.6 Å². The van der Waals surface area contributed by atoms with Crippen LogP contribution >= 0.6 is 0 Å². The van der Waals surface area contributed by atoms with Crippen LogP contribution in [0.25, 0.3) is 28.9 Å². The number of para-hydroxylation sites is 1. The molecule has 0 unspecified atom stereocenters. The molecule has 0 saturated carbocycles. The van der Waals surface area contributed by atoms with Gasteiger partial charge in [0, 0.05) is 11.6 Å². The number of carbonyl (C=O) groups excluding carboxylic acids is 1. The van der Waals surface area contributed by atoms with Gasteiger partial charge < -0.3 is 24.1 Å². The average Bonchev–Trinajstić information content (AvgIpc) is 3.37. The van der Waals surface area contributed by atoms with Crippen LogP contribution in [0.3, 0.4) is 0 Å². The quantitative estimate of drug-likeness (QED) is 0.369. The van der Waals surface area contributed by atoms with Crippen LogP contribution < -0.4 is 19.5 Å². The predicted octanol–water partition coefficient (Wildman–Crippen LogP) is 5.08. The summed E-state index contributed by atoms with van der Waals surface area (Å²) in [5.41, 5.74) is 2.69. The number of nitrogens with one attached hydrogen (secondary N) is 1. The second kappa shape index (κ2) is 10.4. The lowest BCUT2D eigenvalue weighted by Gasteiger charge is -2.12. The fourth-order valence-corrected chi connectivity index (χ4v) is 3.35. The third-order valence-electron chi connectivity index (χ3n) is 4.99. The first-order valence-corrected chi connectivity index (χ1v) is 10.4. The van der Waals surface area contributed by atoms with E-state index >= 15 is 0 Å². The van der Waals surface area contributed by atoms with Crippen LogP contribution in [0, 0.1) is 0 Å². The van der Waals surface area contributed by atoms with Gasteiger partial charge in [-0.2, -0.15) is 4.98 Å². The lowest BCUT2D eigenvalue weighted by molar-refractivity contribution is -0.111. The number of methoxy groups -OCH3 is 3. The number of hydrogen-bond donors (Lipinski definition) is 1. The SMILES string of the molecule is COc1cc(-c2noc(-c3ccccc3NC(=O)C=Cc3ccccc3)n2)cc(OC)c1OC. The summed E-state index contributed by atoms with van der Waals surface area (Å²) in [6.07, 6.45) is 3.22. The van der Waals surface area contributed by atoms with Gasteiger partial charge in [-0.1, -0.05) is 47.6 Å². The van der Waals surface area contributed by atoms with Gasteiger partial charge in [0.2, 0.25) is 17.5 Å². The van der Waals surface area contributed by atoms with Gasteiger partial charge in [-0.05, 0) is 35.9 Å². The molecule has 1 aromatic heterocycles. The van der Waals surface area contributed by atoms with Crippen molar-refractivity contribution < 1.29 is 23.5 Å². The molecule has 0 saturated heterocycles. The molecule has 4 aromatic rings. The van der Waals surface area contributed by atoms with Gasteiger partial charge in [0.1, 0.15) is 0 Å². The number of ether oxygens (including phenoxy) is 3. The first kappa shape index (κ1) is 22.6. The highest BCUT2D eigenvalue weighted by molar-refractivity contribution is 6.03. The Morgan fingerprint density at radius 1 is 0.912 bits per heavy atom. The zero-order valence-corrected chi connectivity index (χ0v) is 18.9. The van der Waals surface area contributed by atoms with Crippen molar-refractivity contribution >= 4 is 17.7 Å². The molecule has 0 radical (unpaired) electrons. The van der Waals surface area contributed by atoms with Gasteiger partial charge in [0.15, 0.2) is 11.5 Å². The Bertz CT molecular complexity index is 1290. The topological polar surface area (TPSA) is 95.7 Å². The summed E-state index contributed by atoms with van der Waals surface area (Å²) in [4.78, 5) is 17.0. The molecule has 4 rings (SSSR count). The van der Waals surface area contributed by atoms with Gasteiger partial charge in [0.05, 0.1) is 32.6 Å². The van der Waals surface area contributed by atoms with E-state index in [0.29, 0.717) is 39.9 Å². The lowest BCUT2D eigenvalue weighted by atomic mass is 10.1. The molecule has 34 heavy (non-hydrogen) atoms. The van der Waals surface area contributed by atoms with Crippen LogP contribution in [-0.4, -0.2) is 37.4 Å². The number of amides is 1. The van der Waals surface area contributed by atoms with Gasteiger partial charge in [-0.3, -0.25) is 4.79 Å². The number of hydrogen-bond acceptors (Lipinski definition) is 7. The van der Waals surface area contributed by atoms with E-state index < -0.39 is 0 Å². The van der Waals surface area contributed by atoms with E-state index in [4.69, 9.17) is 18.7 Å². The number of benzene rings is 3. The van der Waals surface area contributed by atoms with Crippen LogP contribution in [0.5, 0.6) is 17.2 Å². The highest BCUT2D eigenvalue weighted by atomic mass is 16.5. The summed E-state index contributed by atoms with van der Waals surface area (Å²) in [7, 11) is 4.61. The van der Waals surface area contributed by atoms with Crippen LogP contribution in [0.15, 0.2) is 77.3 Å². The van der Waals surface area contributed by atoms with Crippen molar-refractivity contribution in [3.05, 3.63) is 78.4 Å². The molecule has 0 aliphatic rings. The second-order valence-electron chi connectivity index (χ2n) is 7.12. The normalized spacial score (nSPS) is 10.8. The Labute approximate surface area is 196 Å². The zero-order valence-electron chi connectivity index (χ0n) is 18.9. The van der Waals surface area contributed by atoms with E-state index in [-0.39, 0.29) is 11.8 Å². The summed E-state index contributed by atoms with van der Waals surface area (Å²) in [5.74, 6) is 1.72. The number of nitrogens with zero attached hydrogens (tertiary/aromatic N) is 2. The van der Waals surface area contributed by atoms with Crippen LogP contribution in [0.4, 0.5) is 5.69 Å². The van der Waals surface area contributed by atoms with Crippen molar-refractivity contribution in [2.24, 2.45) is 0 Å². The fourth-order valence-electron chi connectivity index (χ4n) is 3.35. The molecule has 0 bridgehead atoms. The molecule has 1 heterocycles. The van der Waals surface area contributed by atoms with E-state index in [0.717, 1.165) is 5.56 Å². The molecular formula is C26H23N3O5. The fraction of sp³-hybridized carbons (Fsp3) is 0.115. The third-order valence-corrected chi connectivity index (χ3v) is 4.99. The molecule has 0 atom stereocenters. The van der Waals surface area contributed by atoms with E-state index in [2.05, 4.69) is 15.5 Å². The Kier molecular flexibility index (Phi) is 6.88. The average molecular weight is 457 g/mol. The molecule has 8 nitrogen and oxygen atoms in total. The number of anilines is 1. The molecule has 8 heteroatoms. The largest absolute Gasteiger partial charge is 0.493 e. The summed E-state index contributed by atoms with van der Waals surface area (Å²) in [6.45, 7) is 0. The van der Waals surface area contributed by atoms with Gasteiger partial charge in [-0.15, -0.1) is 0 Å². The van der Waals surface area contributed by atoms with Crippen molar-refractivity contribution in [3.63, 3.8) is 0 Å². The lowest BCUT2D eigenvalue weighted by Crippen LogP contribution is -2.08. The van der Waals surface area contributed by atoms with Crippen molar-refractivity contribution in [3.8, 4) is 40.1 Å². The van der Waals surface area contributed by atoms with Gasteiger partial charge in [-0.25, -0.2) is 0 Å². The van der Waals surface area contributed by atoms with Crippen LogP contribution in [-0.2, 0) is 4.79 Å². The Hall–Kier alpha value is -4.59. The first-order valence-electron chi connectivity index (χ1n) is 10.4. The smallest absolute Gasteiger partial charge is 0.260 e. The highest BCUT2D eigenvalue weighted by Gasteiger charge is 2.19. The molecule has 0 aliphatic heterocycles. The predicted molar refractivity (Wildman–Crippen MR) is 129 cm³/mol. The second-order valence-corrected chi connectivity index (χ2v) is 7.12. The molecule has 172 valence electrons. The standard InChI is InChI=1S/C26H23N3O5/c1-31-21-15-18(16-22(32-2)24(21)33-3)25-28-26(34-29-25)19-11-7-8-12-20(19)27-23(30)14-13-17-9-5-4-6-10-17/h4-16H,1-3H3,(H,27,30). The molecule has 0 aliphatic carbocycles. The highest BCUT2D eigenvalue weighted by Crippen LogP contribution is 2.41. The maximum absolute atomic E-state index is 12.5. The molecule has 0 spiro atoms. The Morgan fingerprint density at radius 2 is 1.59 bits per heavy atom. The van der Waals surface area contributed by atoms with Crippen LogP contribution in [0.2, 0.25) is 0 Å². The minimum absolute atomic E-state index is 0.256. The molecule has 3 aromatic carbocycles. The summed E-state index contributed by atoms with van der Waals surface area (Å²) >= 11 is 0. The van der Waals surface area contributed by atoms with Gasteiger partial charge in [0.25, 0.3) is 5.89 Å². The molecular weight excluding hydrogens is 434 g/mol. The number of rotatable bonds is 8. The summed E-state index contributed by atoms with van der Waals surface area (Å²) < 4.78 is 21.7. The molecule has 1 amide bonds. The Morgan fingerprint density at radius 3 is 2.26 bits per heavy atom. The number of aromatic nitrogens is 2. The monoisotopic (exact) mass is 457 g/mol. The van der Waals surface area contributed by atoms with Crippen molar-refractivity contribution in [1.29, 1.82) is 0 Å². The maximum atomic E-state index is 12.5. The third kappa shape index (κ3) is 4.91. The maximum Gasteiger partial charge on any atom is 0.260 e. The zero-order chi connectivity index (χ0) is 23.9. The van der Waals surface area contributed by atoms with E-state index in [1.165, 1.54) is 27.4 Å². The van der Waals surface area contributed by atoms with Crippen molar-refractivity contribution in [2.45, 2.75) is 0 Å². The summed E-state index contributed by atoms with van der Waals surface area (Å²) in [6, 6.07) is 20.3. The molecule has 0 fully saturated rings.